The van der Waals surface area contributed by atoms with Crippen LogP contribution in [0.2, 0.25) is 0 Å². The number of rotatable bonds is 4. The molecule has 5 N–H and O–H groups in total. The second-order valence-corrected chi connectivity index (χ2v) is 6.72. The fraction of sp³-hybridized carbons (Fsp3) is 0.150. The second kappa shape index (κ2) is 14.0. The number of nitrogens with zero attached hydrogens (tertiary/aromatic N) is 5. The molecule has 0 spiro atoms. The molecule has 0 aliphatic carbocycles. The number of nitrogens with two attached hydrogens (primary N) is 1. The summed E-state index contributed by atoms with van der Waals surface area (Å²) in [5.74, 6) is -8.17. The Morgan fingerprint density at radius 1 is 0.829 bits per heavy atom. The van der Waals surface area contributed by atoms with Crippen molar-refractivity contribution in [3.05, 3.63) is 59.4 Å². The number of oxime groups is 1. The van der Waals surface area contributed by atoms with Crippen molar-refractivity contribution in [1.82, 2.24) is 20.1 Å². The summed E-state index contributed by atoms with van der Waals surface area (Å²) in [7, 11) is 0. The van der Waals surface area contributed by atoms with Crippen LogP contribution < -0.4 is 5.73 Å². The third-order valence-electron chi connectivity index (χ3n) is 3.71. The van der Waals surface area contributed by atoms with Crippen molar-refractivity contribution in [2.24, 2.45) is 10.9 Å². The average Bonchev–Trinajstić information content (AvgIpc) is 3.34. The maximum absolute atomic E-state index is 11.2. The molecule has 15 nitrogen and oxygen atoms in total. The molecule has 0 atom stereocenters. The molecule has 0 bridgehead atoms. The van der Waals surface area contributed by atoms with E-state index in [0.29, 0.717) is 11.6 Å². The van der Waals surface area contributed by atoms with E-state index in [0.717, 1.165) is 0 Å². The molecule has 3 heterocycles. The number of ether oxygens (including phenoxy) is 1. The first-order chi connectivity index (χ1) is 18.9. The number of pyridine rings is 2. The number of aryl methyl sites for hydroxylation is 1. The van der Waals surface area contributed by atoms with E-state index in [4.69, 9.17) is 25.7 Å². The predicted octanol–water partition coefficient (Wildman–Crippen LogP) is 2.19. The molecule has 0 unspecified atom stereocenters. The Kier molecular flexibility index (Phi) is 11.4. The zero-order chi connectivity index (χ0) is 31.5. The average molecular weight is 596 g/mol. The number of hydrogen-bond donors (Lipinski definition) is 4. The highest BCUT2D eigenvalue weighted by atomic mass is 19.4. The van der Waals surface area contributed by atoms with Crippen LogP contribution in [-0.4, -0.2) is 77.6 Å². The third kappa shape index (κ3) is 10.9. The Morgan fingerprint density at radius 2 is 1.29 bits per heavy atom. The fourth-order valence-corrected chi connectivity index (χ4v) is 2.03. The summed E-state index contributed by atoms with van der Waals surface area (Å²) in [5.41, 5.74) is 5.52. The number of amidine groups is 1. The van der Waals surface area contributed by atoms with Gasteiger partial charge in [-0.15, -0.1) is 0 Å². The van der Waals surface area contributed by atoms with Gasteiger partial charge in [-0.2, -0.15) is 31.3 Å². The number of halogens is 6. The van der Waals surface area contributed by atoms with Crippen LogP contribution in [0.4, 0.5) is 26.3 Å². The number of carboxylic acid groups (broad SMARTS) is 2. The van der Waals surface area contributed by atoms with Gasteiger partial charge in [0.05, 0.1) is 0 Å². The minimum Gasteiger partial charge on any atom is -0.477 e. The summed E-state index contributed by atoms with van der Waals surface area (Å²) < 4.78 is 74.4. The minimum absolute atomic E-state index is 0.0463. The lowest BCUT2D eigenvalue weighted by Crippen LogP contribution is -2.34. The molecule has 3 rings (SSSR count). The van der Waals surface area contributed by atoms with Crippen LogP contribution in [-0.2, 0) is 14.3 Å². The number of alkyl halides is 6. The molecular weight excluding hydrogens is 582 g/mol. The van der Waals surface area contributed by atoms with E-state index >= 15 is 0 Å². The molecule has 3 aromatic rings. The molecule has 0 aliphatic rings. The van der Waals surface area contributed by atoms with Gasteiger partial charge in [0, 0.05) is 6.92 Å². The van der Waals surface area contributed by atoms with Crippen molar-refractivity contribution in [2.45, 2.75) is 19.3 Å². The summed E-state index contributed by atoms with van der Waals surface area (Å²) in [5, 5.41) is 31.9. The van der Waals surface area contributed by atoms with Gasteiger partial charge < -0.3 is 30.4 Å². The molecule has 21 heteroatoms. The first-order valence-corrected chi connectivity index (χ1v) is 9.96. The van der Waals surface area contributed by atoms with Crippen LogP contribution in [0.25, 0.3) is 11.5 Å². The van der Waals surface area contributed by atoms with Crippen molar-refractivity contribution in [3.63, 3.8) is 0 Å². The summed E-state index contributed by atoms with van der Waals surface area (Å²) in [6.45, 7) is 1.65. The highest BCUT2D eigenvalue weighted by molar-refractivity contribution is 5.96. The molecule has 0 aromatic carbocycles. The quantitative estimate of drug-likeness (QED) is 0.0642. The van der Waals surface area contributed by atoms with E-state index < -0.39 is 36.2 Å². The number of carboxylic acids is 2. The molecule has 0 radical (unpaired) electrons. The van der Waals surface area contributed by atoms with Crippen molar-refractivity contribution in [1.29, 1.82) is 0 Å². The summed E-state index contributed by atoms with van der Waals surface area (Å²) in [6.07, 6.45) is -11.2. The van der Waals surface area contributed by atoms with E-state index in [-0.39, 0.29) is 28.7 Å². The molecule has 0 saturated carbocycles. The first-order valence-electron chi connectivity index (χ1n) is 9.96. The van der Waals surface area contributed by atoms with Crippen molar-refractivity contribution < 1.29 is 70.2 Å². The topological polar surface area (TPSA) is 241 Å². The monoisotopic (exact) mass is 596 g/mol. The first kappa shape index (κ1) is 33.4. The summed E-state index contributed by atoms with van der Waals surface area (Å²) in [6, 6.07) is 8.83. The van der Waals surface area contributed by atoms with Crippen molar-refractivity contribution >= 4 is 29.7 Å². The third-order valence-corrected chi connectivity index (χ3v) is 3.71. The van der Waals surface area contributed by atoms with Crippen LogP contribution in [0.3, 0.4) is 0 Å². The van der Waals surface area contributed by atoms with Crippen LogP contribution in [0, 0.1) is 6.92 Å². The molecule has 41 heavy (non-hydrogen) atoms. The van der Waals surface area contributed by atoms with Gasteiger partial charge in [-0.1, -0.05) is 22.4 Å². The summed E-state index contributed by atoms with van der Waals surface area (Å²) >= 11 is 0. The van der Waals surface area contributed by atoms with E-state index in [2.05, 4.69) is 30.0 Å². The lowest BCUT2D eigenvalue weighted by molar-refractivity contribution is -0.221. The van der Waals surface area contributed by atoms with E-state index in [1.54, 1.807) is 19.1 Å². The van der Waals surface area contributed by atoms with Gasteiger partial charge in [-0.25, -0.2) is 29.1 Å². The van der Waals surface area contributed by atoms with Gasteiger partial charge in [0.25, 0.3) is 0 Å². The number of carbonyl (C=O) groups excluding carboxylic acids is 2. The Bertz CT molecular complexity index is 1420. The largest absolute Gasteiger partial charge is 0.491 e. The zero-order valence-electron chi connectivity index (χ0n) is 19.8. The molecular formula is C20H14F6N6O9. The lowest BCUT2D eigenvalue weighted by Gasteiger charge is -2.06. The van der Waals surface area contributed by atoms with E-state index in [1.165, 1.54) is 24.3 Å². The smallest absolute Gasteiger partial charge is 0.477 e. The van der Waals surface area contributed by atoms with E-state index in [9.17, 15) is 45.5 Å². The summed E-state index contributed by atoms with van der Waals surface area (Å²) in [4.78, 5) is 51.9. The minimum atomic E-state index is -5.62. The predicted molar refractivity (Wildman–Crippen MR) is 116 cm³/mol. The van der Waals surface area contributed by atoms with Gasteiger partial charge in [-0.3, -0.25) is 0 Å². The Balaban J connectivity index is 0.000000309. The van der Waals surface area contributed by atoms with Crippen LogP contribution in [0.15, 0.2) is 46.1 Å². The SMILES string of the molecule is Cc1nc(-c2cccc(C(=O)O)n2)no1.N/C(=N\O)c1cccc(C(=O)O)n1.O=C(OC(=O)C(F)(F)F)C(F)(F)F. The van der Waals surface area contributed by atoms with Gasteiger partial charge in [-0.05, 0) is 24.3 Å². The van der Waals surface area contributed by atoms with E-state index in [1.807, 2.05) is 0 Å². The van der Waals surface area contributed by atoms with Gasteiger partial charge in [0.1, 0.15) is 22.8 Å². The van der Waals surface area contributed by atoms with Gasteiger partial charge >= 0.3 is 36.2 Å². The molecule has 0 fully saturated rings. The Hall–Kier alpha value is -5.63. The number of aromatic carboxylic acids is 2. The number of aromatic nitrogens is 4. The van der Waals surface area contributed by atoms with Crippen LogP contribution >= 0.6 is 0 Å². The molecule has 0 saturated heterocycles. The van der Waals surface area contributed by atoms with Gasteiger partial charge in [0.15, 0.2) is 5.84 Å². The Morgan fingerprint density at radius 3 is 1.71 bits per heavy atom. The molecule has 220 valence electrons. The van der Waals surface area contributed by atoms with Crippen LogP contribution in [0.1, 0.15) is 32.6 Å². The van der Waals surface area contributed by atoms with Crippen LogP contribution in [0.5, 0.6) is 0 Å². The molecule has 0 amide bonds. The van der Waals surface area contributed by atoms with Crippen molar-refractivity contribution in [2.75, 3.05) is 0 Å². The molecule has 0 aliphatic heterocycles. The number of hydrogen-bond acceptors (Lipinski definition) is 12. The maximum Gasteiger partial charge on any atom is 0.491 e. The highest BCUT2D eigenvalue weighted by Crippen LogP contribution is 2.21. The van der Waals surface area contributed by atoms with Crippen molar-refractivity contribution in [3.8, 4) is 11.5 Å². The molecule has 3 aromatic heterocycles. The number of carbonyl (C=O) groups is 4. The Labute approximate surface area is 221 Å². The normalized spacial score (nSPS) is 11.2. The van der Waals surface area contributed by atoms with Gasteiger partial charge in [0.2, 0.25) is 11.7 Å². The maximum atomic E-state index is 11.2. The zero-order valence-corrected chi connectivity index (χ0v) is 19.8. The second-order valence-electron chi connectivity index (χ2n) is 6.72. The lowest BCUT2D eigenvalue weighted by atomic mass is 10.3. The fourth-order valence-electron chi connectivity index (χ4n) is 2.03. The number of esters is 2. The highest BCUT2D eigenvalue weighted by Gasteiger charge is 2.49. The standard InChI is InChI=1S/C9H7N3O3.C7H7N3O3.C4F6O3/c1-5-10-8(12-15-5)6-3-2-4-7(11-6)9(13)14;8-6(10-13)4-2-1-3-5(9-4)7(11)12;5-3(6,7)1(11)13-2(12)4(8,9)10/h2-4H,1H3,(H,13,14);1-3,13H,(H2,8,10)(H,11,12);.